The monoisotopic (exact) mass is 406 g/mol. The molecule has 27 heavy (non-hydrogen) atoms. The highest BCUT2D eigenvalue weighted by Crippen LogP contribution is 2.30. The zero-order valence-corrected chi connectivity index (χ0v) is 16.0. The largest absolute Gasteiger partial charge is 0.486 e. The van der Waals surface area contributed by atoms with Crippen molar-refractivity contribution in [3.05, 3.63) is 59.1 Å². The number of urea groups is 1. The molecule has 1 heterocycles. The number of hydrogen-bond acceptors (Lipinski definition) is 5. The van der Waals surface area contributed by atoms with Crippen LogP contribution < -0.4 is 20.1 Å². The summed E-state index contributed by atoms with van der Waals surface area (Å²) in [6, 6.07) is 14.2. The minimum absolute atomic E-state index is 0.187. The average molecular weight is 407 g/mol. The molecule has 0 aliphatic carbocycles. The van der Waals surface area contributed by atoms with E-state index in [1.807, 2.05) is 36.4 Å². The first kappa shape index (κ1) is 19.4. The second-order valence-corrected chi connectivity index (χ2v) is 7.30. The number of benzene rings is 2. The predicted molar refractivity (Wildman–Crippen MR) is 106 cm³/mol. The van der Waals surface area contributed by atoms with Gasteiger partial charge in [0.25, 0.3) is 0 Å². The maximum Gasteiger partial charge on any atom is 0.321 e. The molecule has 3 rings (SSSR count). The van der Waals surface area contributed by atoms with Gasteiger partial charge in [-0.15, -0.1) is 11.8 Å². The molecule has 0 aromatic heterocycles. The average Bonchev–Trinajstić information content (AvgIpc) is 2.68. The number of amides is 3. The smallest absolute Gasteiger partial charge is 0.321 e. The van der Waals surface area contributed by atoms with Crippen LogP contribution in [0.3, 0.4) is 0 Å². The molecule has 2 aromatic rings. The van der Waals surface area contributed by atoms with Gasteiger partial charge < -0.3 is 14.8 Å². The fraction of sp³-hybridized carbons (Fsp3) is 0.263. The number of para-hydroxylation sites is 2. The lowest BCUT2D eigenvalue weighted by atomic mass is 10.2. The fourth-order valence-electron chi connectivity index (χ4n) is 2.42. The van der Waals surface area contributed by atoms with Crippen LogP contribution in [0.25, 0.3) is 0 Å². The lowest BCUT2D eigenvalue weighted by molar-refractivity contribution is -0.117. The Morgan fingerprint density at radius 1 is 1.11 bits per heavy atom. The molecular formula is C19H19ClN2O4S. The van der Waals surface area contributed by atoms with Crippen LogP contribution in [-0.4, -0.2) is 36.9 Å². The number of carbonyl (C=O) groups excluding carboxylic acids is 2. The minimum Gasteiger partial charge on any atom is -0.486 e. The topological polar surface area (TPSA) is 76.7 Å². The van der Waals surface area contributed by atoms with Crippen molar-refractivity contribution in [1.82, 2.24) is 10.6 Å². The number of thioether (sulfide) groups is 1. The Morgan fingerprint density at radius 3 is 2.63 bits per heavy atom. The highest BCUT2D eigenvalue weighted by Gasteiger charge is 2.21. The molecule has 0 spiro atoms. The molecule has 2 aromatic carbocycles. The lowest BCUT2D eigenvalue weighted by Crippen LogP contribution is -2.46. The van der Waals surface area contributed by atoms with Gasteiger partial charge in [0.05, 0.1) is 12.3 Å². The summed E-state index contributed by atoms with van der Waals surface area (Å²) in [5, 5.41) is 5.61. The van der Waals surface area contributed by atoms with E-state index in [2.05, 4.69) is 10.6 Å². The van der Waals surface area contributed by atoms with E-state index >= 15 is 0 Å². The van der Waals surface area contributed by atoms with E-state index in [1.54, 1.807) is 12.1 Å². The molecular weight excluding hydrogens is 388 g/mol. The van der Waals surface area contributed by atoms with Crippen LogP contribution in [0, 0.1) is 0 Å². The van der Waals surface area contributed by atoms with Crippen molar-refractivity contribution in [2.45, 2.75) is 11.9 Å². The Morgan fingerprint density at radius 2 is 1.85 bits per heavy atom. The summed E-state index contributed by atoms with van der Waals surface area (Å²) < 4.78 is 11.3. The molecule has 1 atom stereocenters. The second kappa shape index (κ2) is 9.53. The van der Waals surface area contributed by atoms with E-state index in [4.69, 9.17) is 21.1 Å². The molecule has 142 valence electrons. The molecule has 0 fully saturated rings. The fourth-order valence-corrected chi connectivity index (χ4v) is 3.33. The molecule has 0 radical (unpaired) electrons. The van der Waals surface area contributed by atoms with Crippen molar-refractivity contribution < 1.29 is 19.1 Å². The van der Waals surface area contributed by atoms with Crippen LogP contribution in [0.4, 0.5) is 4.79 Å². The van der Waals surface area contributed by atoms with E-state index in [-0.39, 0.29) is 24.3 Å². The van der Waals surface area contributed by atoms with Crippen LogP contribution in [0.15, 0.2) is 48.5 Å². The van der Waals surface area contributed by atoms with Crippen molar-refractivity contribution in [3.63, 3.8) is 0 Å². The zero-order chi connectivity index (χ0) is 19.1. The molecule has 1 aliphatic heterocycles. The van der Waals surface area contributed by atoms with Gasteiger partial charge in [-0.1, -0.05) is 35.9 Å². The summed E-state index contributed by atoms with van der Waals surface area (Å²) in [5.41, 5.74) is 1.07. The number of carbonyl (C=O) groups is 2. The Labute approximate surface area is 166 Å². The number of halogens is 1. The second-order valence-electron chi connectivity index (χ2n) is 5.88. The first-order valence-corrected chi connectivity index (χ1v) is 9.92. The normalized spacial score (nSPS) is 15.1. The highest BCUT2D eigenvalue weighted by molar-refractivity contribution is 7.99. The van der Waals surface area contributed by atoms with Crippen LogP contribution in [-0.2, 0) is 10.5 Å². The molecule has 8 heteroatoms. The molecule has 3 amide bonds. The summed E-state index contributed by atoms with van der Waals surface area (Å²) in [7, 11) is 0. The summed E-state index contributed by atoms with van der Waals surface area (Å²) in [6.45, 7) is 0.577. The summed E-state index contributed by atoms with van der Waals surface area (Å²) in [4.78, 5) is 23.7. The molecule has 2 N–H and O–H groups in total. The van der Waals surface area contributed by atoms with Crippen LogP contribution in [0.5, 0.6) is 11.5 Å². The van der Waals surface area contributed by atoms with Gasteiger partial charge in [-0.25, -0.2) is 4.79 Å². The van der Waals surface area contributed by atoms with E-state index in [1.165, 1.54) is 11.8 Å². The number of imide groups is 1. The third kappa shape index (κ3) is 6.08. The van der Waals surface area contributed by atoms with Crippen LogP contribution in [0.1, 0.15) is 5.56 Å². The molecule has 0 bridgehead atoms. The zero-order valence-electron chi connectivity index (χ0n) is 14.4. The Hall–Kier alpha value is -2.38. The minimum atomic E-state index is -0.547. The molecule has 0 saturated heterocycles. The standard InChI is InChI=1S/C19H19ClN2O4S/c20-14-7-5-13(6-8-14)11-27-12-18(23)22-19(24)21-9-15-10-25-16-3-1-2-4-17(16)26-15/h1-8,15H,9-12H2,(H2,21,22,23,24). The number of nitrogens with one attached hydrogen (secondary N) is 2. The summed E-state index contributed by atoms with van der Waals surface area (Å²) in [5.74, 6) is 1.83. The Bertz CT molecular complexity index is 801. The number of ether oxygens (including phenoxy) is 2. The number of rotatable bonds is 6. The Kier molecular flexibility index (Phi) is 6.84. The van der Waals surface area contributed by atoms with Gasteiger partial charge in [0.2, 0.25) is 5.91 Å². The van der Waals surface area contributed by atoms with E-state index in [9.17, 15) is 9.59 Å². The molecule has 0 saturated carbocycles. The van der Waals surface area contributed by atoms with Gasteiger partial charge in [-0.05, 0) is 29.8 Å². The quantitative estimate of drug-likeness (QED) is 0.770. The van der Waals surface area contributed by atoms with Gasteiger partial charge in [0, 0.05) is 10.8 Å². The first-order chi connectivity index (χ1) is 13.1. The van der Waals surface area contributed by atoms with Gasteiger partial charge >= 0.3 is 6.03 Å². The molecule has 1 unspecified atom stereocenters. The van der Waals surface area contributed by atoms with E-state index in [0.29, 0.717) is 28.9 Å². The van der Waals surface area contributed by atoms with Gasteiger partial charge in [-0.2, -0.15) is 0 Å². The van der Waals surface area contributed by atoms with Gasteiger partial charge in [0.15, 0.2) is 17.6 Å². The van der Waals surface area contributed by atoms with Crippen molar-refractivity contribution >= 4 is 35.3 Å². The van der Waals surface area contributed by atoms with Gasteiger partial charge in [-0.3, -0.25) is 10.1 Å². The van der Waals surface area contributed by atoms with Crippen molar-refractivity contribution in [3.8, 4) is 11.5 Å². The number of hydrogen-bond donors (Lipinski definition) is 2. The lowest BCUT2D eigenvalue weighted by Gasteiger charge is -2.26. The van der Waals surface area contributed by atoms with Crippen molar-refractivity contribution in [2.24, 2.45) is 0 Å². The summed E-state index contributed by atoms with van der Waals surface area (Å²) >= 11 is 7.25. The van der Waals surface area contributed by atoms with Crippen molar-refractivity contribution in [2.75, 3.05) is 18.9 Å². The van der Waals surface area contributed by atoms with Crippen molar-refractivity contribution in [1.29, 1.82) is 0 Å². The number of fused-ring (bicyclic) bond motifs is 1. The van der Waals surface area contributed by atoms with Gasteiger partial charge in [0.1, 0.15) is 6.61 Å². The van der Waals surface area contributed by atoms with E-state index in [0.717, 1.165) is 5.56 Å². The maximum absolute atomic E-state index is 11.8. The summed E-state index contributed by atoms with van der Waals surface area (Å²) in [6.07, 6.45) is -0.306. The van der Waals surface area contributed by atoms with E-state index < -0.39 is 6.03 Å². The van der Waals surface area contributed by atoms with Crippen LogP contribution >= 0.6 is 23.4 Å². The highest BCUT2D eigenvalue weighted by atomic mass is 35.5. The third-order valence-corrected chi connectivity index (χ3v) is 4.98. The SMILES string of the molecule is O=C(CSCc1ccc(Cl)cc1)NC(=O)NCC1COc2ccccc2O1. The third-order valence-electron chi connectivity index (χ3n) is 3.73. The van der Waals surface area contributed by atoms with Crippen LogP contribution in [0.2, 0.25) is 5.02 Å². The maximum atomic E-state index is 11.8. The predicted octanol–water partition coefficient (Wildman–Crippen LogP) is 3.24. The molecule has 1 aliphatic rings. The molecule has 6 nitrogen and oxygen atoms in total. The Balaban J connectivity index is 1.33. The first-order valence-electron chi connectivity index (χ1n) is 8.38.